The first-order valence-electron chi connectivity index (χ1n) is 7.97. The minimum atomic E-state index is -0.603. The number of nitrogens with zero attached hydrogens (tertiary/aromatic N) is 1. The molecular weight excluding hydrogens is 348 g/mol. The molecule has 0 spiro atoms. The zero-order valence-corrected chi connectivity index (χ0v) is 15.0. The van der Waals surface area contributed by atoms with Crippen LogP contribution in [0.3, 0.4) is 0 Å². The second kappa shape index (κ2) is 7.79. The van der Waals surface area contributed by atoms with Gasteiger partial charge in [-0.1, -0.05) is 29.8 Å². The first kappa shape index (κ1) is 17.6. The third-order valence-electron chi connectivity index (χ3n) is 3.65. The summed E-state index contributed by atoms with van der Waals surface area (Å²) in [4.78, 5) is 27.5. The molecule has 7 heteroatoms. The number of thiazole rings is 1. The molecule has 0 saturated heterocycles. The molecule has 0 saturated carbocycles. The van der Waals surface area contributed by atoms with Crippen molar-refractivity contribution in [3.8, 4) is 11.3 Å². The van der Waals surface area contributed by atoms with E-state index in [-0.39, 0.29) is 12.3 Å². The normalized spacial score (nSPS) is 10.3. The Morgan fingerprint density at radius 3 is 2.27 bits per heavy atom. The highest BCUT2D eigenvalue weighted by atomic mass is 32.1. The molecule has 4 N–H and O–H groups in total. The van der Waals surface area contributed by atoms with Crippen molar-refractivity contribution in [2.45, 2.75) is 13.3 Å². The molecule has 0 aliphatic heterocycles. The molecule has 2 aromatic carbocycles. The number of anilines is 2. The smallest absolute Gasteiger partial charge is 0.316 e. The molecule has 0 radical (unpaired) electrons. The van der Waals surface area contributed by atoms with E-state index in [0.717, 1.165) is 27.5 Å². The third kappa shape index (κ3) is 4.67. The Hall–Kier alpha value is -3.19. The number of aryl methyl sites for hydroxylation is 1. The highest BCUT2D eigenvalue weighted by Gasteiger charge is 2.10. The minimum Gasteiger partial charge on any atom is -0.351 e. The van der Waals surface area contributed by atoms with Gasteiger partial charge in [0.1, 0.15) is 5.01 Å². The first-order chi connectivity index (χ1) is 12.5. The third-order valence-corrected chi connectivity index (χ3v) is 4.50. The van der Waals surface area contributed by atoms with Gasteiger partial charge in [0, 0.05) is 22.3 Å². The number of carbonyl (C=O) groups excluding carboxylic acids is 2. The van der Waals surface area contributed by atoms with Crippen LogP contribution in [0.4, 0.5) is 16.2 Å². The molecular formula is C19H18N4O2S. The van der Waals surface area contributed by atoms with E-state index < -0.39 is 6.03 Å². The predicted octanol–water partition coefficient (Wildman–Crippen LogP) is 3.79. The highest BCUT2D eigenvalue weighted by Crippen LogP contribution is 2.24. The number of benzene rings is 2. The van der Waals surface area contributed by atoms with Crippen molar-refractivity contribution < 1.29 is 9.59 Å². The molecule has 1 heterocycles. The maximum Gasteiger partial charge on any atom is 0.316 e. The van der Waals surface area contributed by atoms with Crippen LogP contribution in [0.25, 0.3) is 11.3 Å². The van der Waals surface area contributed by atoms with E-state index >= 15 is 0 Å². The summed E-state index contributed by atoms with van der Waals surface area (Å²) in [5.74, 6) is -0.101. The van der Waals surface area contributed by atoms with Crippen LogP contribution in [0.2, 0.25) is 0 Å². The van der Waals surface area contributed by atoms with Gasteiger partial charge in [-0.15, -0.1) is 11.3 Å². The Morgan fingerprint density at radius 2 is 1.62 bits per heavy atom. The number of nitrogens with one attached hydrogen (secondary N) is 2. The van der Waals surface area contributed by atoms with Crippen molar-refractivity contribution in [2.24, 2.45) is 5.73 Å². The maximum atomic E-state index is 12.2. The zero-order valence-electron chi connectivity index (χ0n) is 14.2. The van der Waals surface area contributed by atoms with Gasteiger partial charge in [0.05, 0.1) is 12.1 Å². The van der Waals surface area contributed by atoms with Crippen LogP contribution in [-0.4, -0.2) is 16.9 Å². The zero-order chi connectivity index (χ0) is 18.5. The van der Waals surface area contributed by atoms with Gasteiger partial charge in [0.25, 0.3) is 0 Å². The van der Waals surface area contributed by atoms with Crippen molar-refractivity contribution in [1.82, 2.24) is 4.98 Å². The molecule has 0 fully saturated rings. The summed E-state index contributed by atoms with van der Waals surface area (Å²) in [6.45, 7) is 2.00. The van der Waals surface area contributed by atoms with Crippen LogP contribution in [0.5, 0.6) is 0 Å². The number of hydrogen-bond acceptors (Lipinski definition) is 4. The molecule has 3 aromatic rings. The fourth-order valence-electron chi connectivity index (χ4n) is 2.37. The molecule has 0 bridgehead atoms. The lowest BCUT2D eigenvalue weighted by atomic mass is 10.1. The van der Waals surface area contributed by atoms with Crippen LogP contribution in [0.15, 0.2) is 53.9 Å². The summed E-state index contributed by atoms with van der Waals surface area (Å²) in [5.41, 5.74) is 9.32. The first-order valence-corrected chi connectivity index (χ1v) is 8.85. The van der Waals surface area contributed by atoms with Crippen LogP contribution >= 0.6 is 11.3 Å². The van der Waals surface area contributed by atoms with Gasteiger partial charge in [-0.3, -0.25) is 4.79 Å². The number of amides is 3. The number of rotatable bonds is 5. The Kier molecular flexibility index (Phi) is 5.28. The van der Waals surface area contributed by atoms with Gasteiger partial charge < -0.3 is 16.4 Å². The summed E-state index contributed by atoms with van der Waals surface area (Å²) in [5, 5.41) is 8.02. The summed E-state index contributed by atoms with van der Waals surface area (Å²) < 4.78 is 0. The van der Waals surface area contributed by atoms with Crippen molar-refractivity contribution >= 4 is 34.6 Å². The molecule has 0 aliphatic carbocycles. The Morgan fingerprint density at radius 1 is 1.00 bits per heavy atom. The molecule has 26 heavy (non-hydrogen) atoms. The largest absolute Gasteiger partial charge is 0.351 e. The fraction of sp³-hybridized carbons (Fsp3) is 0.105. The molecule has 1 aromatic heterocycles. The summed E-state index contributed by atoms with van der Waals surface area (Å²) in [6, 6.07) is 14.2. The Labute approximate surface area is 155 Å². The number of nitrogens with two attached hydrogens (primary N) is 1. The Balaban J connectivity index is 1.63. The molecule has 3 rings (SSSR count). The molecule has 0 atom stereocenters. The van der Waals surface area contributed by atoms with Gasteiger partial charge in [-0.2, -0.15) is 0 Å². The Bertz CT molecular complexity index is 917. The van der Waals surface area contributed by atoms with Crippen LogP contribution < -0.4 is 16.4 Å². The highest BCUT2D eigenvalue weighted by molar-refractivity contribution is 7.10. The van der Waals surface area contributed by atoms with E-state index in [1.807, 2.05) is 48.7 Å². The molecule has 0 unspecified atom stereocenters. The summed E-state index contributed by atoms with van der Waals surface area (Å²) >= 11 is 1.44. The van der Waals surface area contributed by atoms with Gasteiger partial charge >= 0.3 is 6.03 Å². The topological polar surface area (TPSA) is 97.1 Å². The fourth-order valence-corrected chi connectivity index (χ4v) is 3.17. The lowest BCUT2D eigenvalue weighted by Crippen LogP contribution is -2.19. The van der Waals surface area contributed by atoms with Gasteiger partial charge in [-0.05, 0) is 31.2 Å². The second-order valence-corrected chi connectivity index (χ2v) is 6.73. The van der Waals surface area contributed by atoms with Crippen molar-refractivity contribution in [1.29, 1.82) is 0 Å². The lowest BCUT2D eigenvalue weighted by Gasteiger charge is -2.04. The minimum absolute atomic E-state index is 0.101. The van der Waals surface area contributed by atoms with Crippen LogP contribution in [0, 0.1) is 6.92 Å². The van der Waals surface area contributed by atoms with Crippen molar-refractivity contribution in [3.63, 3.8) is 0 Å². The van der Waals surface area contributed by atoms with E-state index in [4.69, 9.17) is 5.73 Å². The predicted molar refractivity (Wildman–Crippen MR) is 104 cm³/mol. The monoisotopic (exact) mass is 366 g/mol. The maximum absolute atomic E-state index is 12.2. The molecule has 0 aliphatic rings. The summed E-state index contributed by atoms with van der Waals surface area (Å²) in [6.07, 6.45) is 0.222. The number of hydrogen-bond donors (Lipinski definition) is 3. The molecule has 6 nitrogen and oxygen atoms in total. The second-order valence-electron chi connectivity index (χ2n) is 5.78. The number of aromatic nitrogens is 1. The average molecular weight is 366 g/mol. The van der Waals surface area contributed by atoms with Crippen LogP contribution in [0.1, 0.15) is 10.6 Å². The standard InChI is InChI=1S/C19H18N4O2S/c1-12-2-6-14(7-3-12)21-17(24)10-18-23-16(11-26-18)13-4-8-15(9-5-13)22-19(20)25/h2-9,11H,10H2,1H3,(H,21,24)(H3,20,22,25). The van der Waals surface area contributed by atoms with Crippen molar-refractivity contribution in [3.05, 3.63) is 64.5 Å². The quantitative estimate of drug-likeness (QED) is 0.641. The number of primary amides is 1. The van der Waals surface area contributed by atoms with Gasteiger partial charge in [0.2, 0.25) is 5.91 Å². The molecule has 3 amide bonds. The SMILES string of the molecule is Cc1ccc(NC(=O)Cc2nc(-c3ccc(NC(N)=O)cc3)cs2)cc1. The number of urea groups is 1. The van der Waals surface area contributed by atoms with E-state index in [1.165, 1.54) is 11.3 Å². The van der Waals surface area contributed by atoms with Gasteiger partial charge in [0.15, 0.2) is 0 Å². The average Bonchev–Trinajstić information content (AvgIpc) is 3.05. The number of carbonyl (C=O) groups is 2. The van der Waals surface area contributed by atoms with Gasteiger partial charge in [-0.25, -0.2) is 9.78 Å². The van der Waals surface area contributed by atoms with E-state index in [0.29, 0.717) is 5.69 Å². The van der Waals surface area contributed by atoms with E-state index in [1.54, 1.807) is 12.1 Å². The van der Waals surface area contributed by atoms with E-state index in [2.05, 4.69) is 15.6 Å². The lowest BCUT2D eigenvalue weighted by molar-refractivity contribution is -0.115. The van der Waals surface area contributed by atoms with E-state index in [9.17, 15) is 9.59 Å². The van der Waals surface area contributed by atoms with Crippen molar-refractivity contribution in [2.75, 3.05) is 10.6 Å². The van der Waals surface area contributed by atoms with Crippen LogP contribution in [-0.2, 0) is 11.2 Å². The molecule has 132 valence electrons. The summed E-state index contributed by atoms with van der Waals surface area (Å²) in [7, 11) is 0.